The molecule has 0 heterocycles. The Morgan fingerprint density at radius 3 is 2.39 bits per heavy atom. The molecule has 2 aromatic carbocycles. The number of hydrazone groups is 1. The van der Waals surface area contributed by atoms with E-state index in [1.165, 1.54) is 22.7 Å². The lowest BCUT2D eigenvalue weighted by Gasteiger charge is -2.18. The second kappa shape index (κ2) is 9.07. The maximum absolute atomic E-state index is 12.6. The number of nitrogens with one attached hydrogen (secondary N) is 1. The van der Waals surface area contributed by atoms with Gasteiger partial charge >= 0.3 is 0 Å². The molecule has 0 amide bonds. The monoisotopic (exact) mass is 401 g/mol. The standard InChI is InChI=1S/C18H19N5O4S/c1-3-22(4-2)28(26,27)16-9-10-17(18(11-16)23(24)25)21-20-13-15-7-5-14(12-19)6-8-15/h5-11,13,21H,3-4H2,1-2H3/b20-13+. The molecule has 0 atom stereocenters. The Balaban J connectivity index is 2.29. The van der Waals surface area contributed by atoms with Crippen LogP contribution in [0.2, 0.25) is 0 Å². The highest BCUT2D eigenvalue weighted by Gasteiger charge is 2.25. The van der Waals surface area contributed by atoms with Crippen LogP contribution in [0.25, 0.3) is 0 Å². The molecule has 28 heavy (non-hydrogen) atoms. The van der Waals surface area contributed by atoms with Crippen molar-refractivity contribution in [1.29, 1.82) is 5.26 Å². The van der Waals surface area contributed by atoms with E-state index in [1.54, 1.807) is 38.1 Å². The highest BCUT2D eigenvalue weighted by atomic mass is 32.2. The maximum atomic E-state index is 12.6. The average molecular weight is 401 g/mol. The lowest BCUT2D eigenvalue weighted by atomic mass is 10.2. The van der Waals surface area contributed by atoms with Crippen molar-refractivity contribution in [3.63, 3.8) is 0 Å². The number of rotatable bonds is 8. The van der Waals surface area contributed by atoms with Crippen LogP contribution in [0.3, 0.4) is 0 Å². The quantitative estimate of drug-likeness (QED) is 0.411. The van der Waals surface area contributed by atoms with Crippen molar-refractivity contribution in [2.45, 2.75) is 18.7 Å². The Morgan fingerprint density at radius 1 is 1.21 bits per heavy atom. The highest BCUT2D eigenvalue weighted by molar-refractivity contribution is 7.89. The molecule has 146 valence electrons. The zero-order chi connectivity index (χ0) is 20.7. The first-order valence-corrected chi connectivity index (χ1v) is 9.85. The summed E-state index contributed by atoms with van der Waals surface area (Å²) in [5, 5.41) is 24.1. The van der Waals surface area contributed by atoms with Crippen LogP contribution in [0.4, 0.5) is 11.4 Å². The van der Waals surface area contributed by atoms with Crippen molar-refractivity contribution in [3.05, 3.63) is 63.7 Å². The van der Waals surface area contributed by atoms with E-state index in [1.807, 2.05) is 6.07 Å². The molecule has 2 rings (SSSR count). The number of hydrogen-bond donors (Lipinski definition) is 1. The minimum absolute atomic E-state index is 0.0633. The molecule has 10 heteroatoms. The van der Waals surface area contributed by atoms with E-state index in [2.05, 4.69) is 10.5 Å². The van der Waals surface area contributed by atoms with Gasteiger partial charge in [-0.2, -0.15) is 14.7 Å². The average Bonchev–Trinajstić information content (AvgIpc) is 2.69. The van der Waals surface area contributed by atoms with E-state index in [4.69, 9.17) is 5.26 Å². The van der Waals surface area contributed by atoms with Gasteiger partial charge in [-0.3, -0.25) is 15.5 Å². The highest BCUT2D eigenvalue weighted by Crippen LogP contribution is 2.29. The molecule has 0 aliphatic carbocycles. The number of nitro benzene ring substituents is 1. The molecule has 0 fully saturated rings. The number of sulfonamides is 1. The van der Waals surface area contributed by atoms with Gasteiger partial charge in [0.25, 0.3) is 5.69 Å². The summed E-state index contributed by atoms with van der Waals surface area (Å²) in [5.74, 6) is 0. The van der Waals surface area contributed by atoms with E-state index in [9.17, 15) is 18.5 Å². The molecule has 0 saturated carbocycles. The summed E-state index contributed by atoms with van der Waals surface area (Å²) in [6.07, 6.45) is 1.44. The SMILES string of the molecule is CCN(CC)S(=O)(=O)c1ccc(N/N=C/c2ccc(C#N)cc2)c([N+](=O)[O-])c1. The van der Waals surface area contributed by atoms with Crippen molar-refractivity contribution in [2.24, 2.45) is 5.10 Å². The molecule has 0 aliphatic rings. The normalized spacial score (nSPS) is 11.5. The first-order valence-electron chi connectivity index (χ1n) is 8.41. The van der Waals surface area contributed by atoms with Crippen LogP contribution in [-0.4, -0.2) is 37.0 Å². The molecule has 9 nitrogen and oxygen atoms in total. The lowest BCUT2D eigenvalue weighted by Crippen LogP contribution is -2.30. The van der Waals surface area contributed by atoms with Crippen molar-refractivity contribution < 1.29 is 13.3 Å². The predicted molar refractivity (Wildman–Crippen MR) is 106 cm³/mol. The van der Waals surface area contributed by atoms with E-state index in [0.717, 1.165) is 6.07 Å². The smallest absolute Gasteiger partial charge is 0.272 e. The van der Waals surface area contributed by atoms with Crippen molar-refractivity contribution in [1.82, 2.24) is 4.31 Å². The topological polar surface area (TPSA) is 129 Å². The summed E-state index contributed by atoms with van der Waals surface area (Å²) in [6.45, 7) is 3.93. The molecule has 0 aliphatic heterocycles. The lowest BCUT2D eigenvalue weighted by molar-refractivity contribution is -0.384. The third-order valence-corrected chi connectivity index (χ3v) is 5.99. The van der Waals surface area contributed by atoms with Crippen LogP contribution in [-0.2, 0) is 10.0 Å². The summed E-state index contributed by atoms with van der Waals surface area (Å²) in [7, 11) is -3.81. The summed E-state index contributed by atoms with van der Waals surface area (Å²) in [4.78, 5) is 10.6. The van der Waals surface area contributed by atoms with Gasteiger partial charge in [0, 0.05) is 19.2 Å². The fourth-order valence-corrected chi connectivity index (χ4v) is 3.93. The van der Waals surface area contributed by atoms with Crippen molar-refractivity contribution in [3.8, 4) is 6.07 Å². The van der Waals surface area contributed by atoms with Gasteiger partial charge in [-0.25, -0.2) is 8.42 Å². The van der Waals surface area contributed by atoms with E-state index in [-0.39, 0.29) is 23.7 Å². The Bertz CT molecular complexity index is 1020. The van der Waals surface area contributed by atoms with Gasteiger partial charge in [0.05, 0.1) is 27.7 Å². The van der Waals surface area contributed by atoms with E-state index < -0.39 is 20.6 Å². The molecule has 2 aromatic rings. The van der Waals surface area contributed by atoms with Crippen molar-refractivity contribution >= 4 is 27.6 Å². The summed E-state index contributed by atoms with van der Waals surface area (Å²) < 4.78 is 26.3. The molecular weight excluding hydrogens is 382 g/mol. The third kappa shape index (κ3) is 4.70. The van der Waals surface area contributed by atoms with Gasteiger partial charge in [-0.05, 0) is 29.8 Å². The van der Waals surface area contributed by atoms with Crippen LogP contribution in [0.1, 0.15) is 25.0 Å². The minimum atomic E-state index is -3.81. The minimum Gasteiger partial charge on any atom is -0.272 e. The number of nitriles is 1. The van der Waals surface area contributed by atoms with Gasteiger partial charge in [0.15, 0.2) is 0 Å². The number of hydrogen-bond acceptors (Lipinski definition) is 7. The van der Waals surface area contributed by atoms with Crippen LogP contribution in [0.5, 0.6) is 0 Å². The number of nitro groups is 1. The predicted octanol–water partition coefficient (Wildman–Crippen LogP) is 2.94. The van der Waals surface area contributed by atoms with E-state index >= 15 is 0 Å². The first kappa shape index (κ1) is 21.0. The Hall–Kier alpha value is -3.29. The molecule has 0 saturated heterocycles. The summed E-state index contributed by atoms with van der Waals surface area (Å²) >= 11 is 0. The summed E-state index contributed by atoms with van der Waals surface area (Å²) in [6, 6.07) is 12.2. The third-order valence-electron chi connectivity index (χ3n) is 3.95. The van der Waals surface area contributed by atoms with Crippen LogP contribution in [0, 0.1) is 21.4 Å². The van der Waals surface area contributed by atoms with E-state index in [0.29, 0.717) is 11.1 Å². The molecular formula is C18H19N5O4S. The Kier molecular flexibility index (Phi) is 6.81. The van der Waals surface area contributed by atoms with Gasteiger partial charge < -0.3 is 0 Å². The fraction of sp³-hybridized carbons (Fsp3) is 0.222. The number of anilines is 1. The molecule has 0 bridgehead atoms. The second-order valence-corrected chi connectivity index (χ2v) is 7.57. The van der Waals surface area contributed by atoms with Crippen LogP contribution >= 0.6 is 0 Å². The molecule has 0 unspecified atom stereocenters. The second-order valence-electron chi connectivity index (χ2n) is 5.63. The largest absolute Gasteiger partial charge is 0.295 e. The molecule has 0 radical (unpaired) electrons. The first-order chi connectivity index (χ1) is 13.3. The Morgan fingerprint density at radius 2 is 1.86 bits per heavy atom. The molecule has 1 N–H and O–H groups in total. The summed E-state index contributed by atoms with van der Waals surface area (Å²) in [5.41, 5.74) is 3.42. The zero-order valence-corrected chi connectivity index (χ0v) is 16.2. The zero-order valence-electron chi connectivity index (χ0n) is 15.4. The van der Waals surface area contributed by atoms with Gasteiger partial charge in [-0.15, -0.1) is 0 Å². The number of benzene rings is 2. The van der Waals surface area contributed by atoms with Crippen molar-refractivity contribution in [2.75, 3.05) is 18.5 Å². The fourth-order valence-electron chi connectivity index (χ4n) is 2.45. The number of nitrogens with zero attached hydrogens (tertiary/aromatic N) is 4. The van der Waals surface area contributed by atoms with Gasteiger partial charge in [0.1, 0.15) is 5.69 Å². The molecule has 0 spiro atoms. The maximum Gasteiger partial charge on any atom is 0.295 e. The van der Waals surface area contributed by atoms with Gasteiger partial charge in [0.2, 0.25) is 10.0 Å². The van der Waals surface area contributed by atoms with Crippen LogP contribution < -0.4 is 5.43 Å². The van der Waals surface area contributed by atoms with Crippen LogP contribution in [0.15, 0.2) is 52.5 Å². The Labute approximate surface area is 163 Å². The molecule has 0 aromatic heterocycles. The van der Waals surface area contributed by atoms with Gasteiger partial charge in [-0.1, -0.05) is 26.0 Å².